The zero-order valence-electron chi connectivity index (χ0n) is 25.7. The van der Waals surface area contributed by atoms with Crippen molar-refractivity contribution in [2.24, 2.45) is 33.6 Å². The number of allylic oxidation sites excluding steroid dienone is 1. The van der Waals surface area contributed by atoms with Crippen molar-refractivity contribution in [3.8, 4) is 0 Å². The summed E-state index contributed by atoms with van der Waals surface area (Å²) < 4.78 is 5.90. The van der Waals surface area contributed by atoms with Gasteiger partial charge in [-0.2, -0.15) is 11.8 Å². The molecule has 0 aromatic rings. The lowest BCUT2D eigenvalue weighted by molar-refractivity contribution is -0.148. The topological polar surface area (TPSA) is 76.0 Å². The first-order valence-electron chi connectivity index (χ1n) is 16.4. The Morgan fingerprint density at radius 2 is 1.95 bits per heavy atom. The maximum absolute atomic E-state index is 12.5. The summed E-state index contributed by atoms with van der Waals surface area (Å²) in [6, 6.07) is 0. The predicted octanol–water partition coefficient (Wildman–Crippen LogP) is 8.65. The van der Waals surface area contributed by atoms with Gasteiger partial charge in [-0.15, -0.1) is 0 Å². The third kappa shape index (κ3) is 7.75. The minimum Gasteiger partial charge on any atom is -0.481 e. The van der Waals surface area contributed by atoms with Crippen LogP contribution in [-0.2, 0) is 14.3 Å². The number of hydrogen-bond acceptors (Lipinski definition) is 5. The number of carboxylic acid groups (broad SMARTS) is 1. The molecule has 2 heterocycles. The van der Waals surface area contributed by atoms with E-state index in [0.29, 0.717) is 23.5 Å². The molecule has 0 spiro atoms. The second kappa shape index (κ2) is 14.2. The average Bonchev–Trinajstić information content (AvgIpc) is 3.04. The van der Waals surface area contributed by atoms with Crippen molar-refractivity contribution < 1.29 is 19.4 Å². The maximum Gasteiger partial charge on any atom is 0.327 e. The lowest BCUT2D eigenvalue weighted by Crippen LogP contribution is -2.39. The number of carbonyl (C=O) groups is 2. The van der Waals surface area contributed by atoms with Gasteiger partial charge in [0, 0.05) is 28.8 Å². The number of nitrogens with zero attached hydrogens (tertiary/aromatic N) is 1. The number of ether oxygens (including phenoxy) is 1. The molecule has 4 rings (SSSR count). The third-order valence-corrected chi connectivity index (χ3v) is 13.0. The van der Waals surface area contributed by atoms with Crippen LogP contribution in [0, 0.1) is 28.6 Å². The highest BCUT2D eigenvalue weighted by Crippen LogP contribution is 2.63. The standard InChI is InChI=1S/C34H55NO4S/c1-24(2)10-7-8-11-25-13-15-28-29-16-14-26-22-27(39-32(38)23-35-21-9-5-6-12-31(36)37)17-19-34(26,4)30(40-29)18-20-33(25,28)3/h14,21,24-25,27-30H,5-13,15-20,22-23H2,1-4H3,(H,36,37). The Labute approximate surface area is 247 Å². The van der Waals surface area contributed by atoms with Crippen LogP contribution in [0.25, 0.3) is 0 Å². The summed E-state index contributed by atoms with van der Waals surface area (Å²) in [7, 11) is 0. The molecule has 6 heteroatoms. The number of rotatable bonds is 13. The van der Waals surface area contributed by atoms with Gasteiger partial charge >= 0.3 is 11.9 Å². The lowest BCUT2D eigenvalue weighted by atomic mass is 9.63. The SMILES string of the molecule is CC(C)CCCCC1CCC2C3CC=C4CC(OC(=O)CN=CCCCCC(=O)O)CCC4(C)C(CCC12C)S3. The highest BCUT2D eigenvalue weighted by molar-refractivity contribution is 8.00. The van der Waals surface area contributed by atoms with Crippen molar-refractivity contribution >= 4 is 29.9 Å². The number of unbranched alkanes of at least 4 members (excludes halogenated alkanes) is 3. The fourth-order valence-electron chi connectivity index (χ4n) is 8.48. The fourth-order valence-corrected chi connectivity index (χ4v) is 10.6. The second-order valence-corrected chi connectivity index (χ2v) is 15.6. The first-order chi connectivity index (χ1) is 19.1. The highest BCUT2D eigenvalue weighted by Gasteiger charge is 2.54. The molecule has 1 N–H and O–H groups in total. The van der Waals surface area contributed by atoms with Gasteiger partial charge in [0.1, 0.15) is 12.6 Å². The van der Waals surface area contributed by atoms with E-state index in [1.165, 1.54) is 57.8 Å². The molecular weight excluding hydrogens is 518 g/mol. The molecule has 40 heavy (non-hydrogen) atoms. The first-order valence-corrected chi connectivity index (χ1v) is 17.3. The van der Waals surface area contributed by atoms with Crippen LogP contribution in [0.3, 0.4) is 0 Å². The molecule has 2 aliphatic heterocycles. The summed E-state index contributed by atoms with van der Waals surface area (Å²) in [5.74, 6) is 1.57. The van der Waals surface area contributed by atoms with Crippen molar-refractivity contribution in [1.82, 2.24) is 0 Å². The molecule has 0 aromatic heterocycles. The number of fused-ring (bicyclic) bond motifs is 6. The second-order valence-electron chi connectivity index (χ2n) is 14.2. The number of thioether (sulfide) groups is 1. The van der Waals surface area contributed by atoms with E-state index in [-0.39, 0.29) is 30.5 Å². The summed E-state index contributed by atoms with van der Waals surface area (Å²) in [4.78, 5) is 27.3. The molecule has 226 valence electrons. The smallest absolute Gasteiger partial charge is 0.327 e. The molecule has 0 amide bonds. The number of aliphatic imine (C=N–C) groups is 1. The van der Waals surface area contributed by atoms with Crippen LogP contribution in [0.1, 0.15) is 130 Å². The van der Waals surface area contributed by atoms with E-state index < -0.39 is 5.97 Å². The zero-order chi connectivity index (χ0) is 28.8. The lowest BCUT2D eigenvalue weighted by Gasteiger charge is -2.44. The van der Waals surface area contributed by atoms with E-state index in [9.17, 15) is 9.59 Å². The van der Waals surface area contributed by atoms with Crippen molar-refractivity contribution in [3.63, 3.8) is 0 Å². The molecule has 7 atom stereocenters. The Balaban J connectivity index is 1.30. The third-order valence-electron chi connectivity index (χ3n) is 11.0. The largest absolute Gasteiger partial charge is 0.481 e. The van der Waals surface area contributed by atoms with Gasteiger partial charge in [0.2, 0.25) is 0 Å². The molecule has 1 saturated heterocycles. The molecule has 7 unspecified atom stereocenters. The van der Waals surface area contributed by atoms with Gasteiger partial charge in [0.25, 0.3) is 0 Å². The fraction of sp³-hybridized carbons (Fsp3) is 0.853. The van der Waals surface area contributed by atoms with Crippen molar-refractivity contribution in [1.29, 1.82) is 0 Å². The van der Waals surface area contributed by atoms with Gasteiger partial charge in [-0.3, -0.25) is 14.6 Å². The summed E-state index contributed by atoms with van der Waals surface area (Å²) >= 11 is 2.33. The molecule has 4 aliphatic rings. The summed E-state index contributed by atoms with van der Waals surface area (Å²) in [6.45, 7) is 9.94. The summed E-state index contributed by atoms with van der Waals surface area (Å²) in [6.07, 6.45) is 21.9. The normalized spacial score (nSPS) is 35.5. The Kier molecular flexibility index (Phi) is 11.3. The summed E-state index contributed by atoms with van der Waals surface area (Å²) in [5, 5.41) is 10.1. The van der Waals surface area contributed by atoms with Crippen molar-refractivity contribution in [3.05, 3.63) is 11.6 Å². The van der Waals surface area contributed by atoms with Crippen LogP contribution in [0.2, 0.25) is 0 Å². The average molecular weight is 574 g/mol. The molecule has 5 nitrogen and oxygen atoms in total. The number of hydrogen-bond donors (Lipinski definition) is 1. The van der Waals surface area contributed by atoms with E-state index >= 15 is 0 Å². The monoisotopic (exact) mass is 573 g/mol. The number of carboxylic acids is 1. The van der Waals surface area contributed by atoms with E-state index in [1.807, 2.05) is 0 Å². The molecule has 2 saturated carbocycles. The molecule has 0 radical (unpaired) electrons. The van der Waals surface area contributed by atoms with E-state index in [1.54, 1.807) is 11.8 Å². The Hall–Kier alpha value is -1.30. The van der Waals surface area contributed by atoms with Crippen LogP contribution in [0.4, 0.5) is 0 Å². The number of esters is 1. The van der Waals surface area contributed by atoms with Crippen molar-refractivity contribution in [2.45, 2.75) is 147 Å². The van der Waals surface area contributed by atoms with E-state index in [4.69, 9.17) is 9.84 Å². The van der Waals surface area contributed by atoms with Crippen LogP contribution >= 0.6 is 11.8 Å². The Morgan fingerprint density at radius 3 is 2.73 bits per heavy atom. The van der Waals surface area contributed by atoms with Gasteiger partial charge in [-0.1, -0.05) is 58.6 Å². The molecule has 2 aliphatic carbocycles. The Bertz CT molecular complexity index is 931. The van der Waals surface area contributed by atoms with Crippen LogP contribution < -0.4 is 0 Å². The van der Waals surface area contributed by atoms with Gasteiger partial charge in [-0.25, -0.2) is 0 Å². The van der Waals surface area contributed by atoms with Crippen LogP contribution in [0.5, 0.6) is 0 Å². The van der Waals surface area contributed by atoms with Crippen LogP contribution in [-0.4, -0.2) is 46.4 Å². The maximum atomic E-state index is 12.5. The minimum atomic E-state index is -0.765. The number of carbonyl (C=O) groups excluding carboxylic acids is 1. The van der Waals surface area contributed by atoms with Gasteiger partial charge in [0.15, 0.2) is 0 Å². The Morgan fingerprint density at radius 1 is 1.12 bits per heavy atom. The minimum absolute atomic E-state index is 0.0327. The summed E-state index contributed by atoms with van der Waals surface area (Å²) in [5.41, 5.74) is 2.28. The molecule has 2 bridgehead atoms. The number of aliphatic carboxylic acids is 1. The van der Waals surface area contributed by atoms with Gasteiger partial charge < -0.3 is 9.84 Å². The highest BCUT2D eigenvalue weighted by atomic mass is 32.2. The van der Waals surface area contributed by atoms with Gasteiger partial charge in [-0.05, 0) is 100 Å². The quantitative estimate of drug-likeness (QED) is 0.103. The van der Waals surface area contributed by atoms with Gasteiger partial charge in [0.05, 0.1) is 0 Å². The molecule has 3 fully saturated rings. The molecular formula is C34H55NO4S. The van der Waals surface area contributed by atoms with E-state index in [2.05, 4.69) is 50.5 Å². The predicted molar refractivity (Wildman–Crippen MR) is 166 cm³/mol. The zero-order valence-corrected chi connectivity index (χ0v) is 26.5. The first kappa shape index (κ1) is 31.6. The van der Waals surface area contributed by atoms with E-state index in [0.717, 1.165) is 48.7 Å². The van der Waals surface area contributed by atoms with Crippen molar-refractivity contribution in [2.75, 3.05) is 6.54 Å². The van der Waals surface area contributed by atoms with Crippen LogP contribution in [0.15, 0.2) is 16.6 Å². The molecule has 0 aromatic carbocycles.